The largest absolute Gasteiger partial charge is 0.381 e. The molecular formula is C12H20ClN3O. The molecule has 0 amide bonds. The second kappa shape index (κ2) is 5.85. The fourth-order valence-electron chi connectivity index (χ4n) is 2.58. The molecule has 0 radical (unpaired) electrons. The van der Waals surface area contributed by atoms with Gasteiger partial charge in [0.25, 0.3) is 0 Å². The van der Waals surface area contributed by atoms with E-state index >= 15 is 0 Å². The van der Waals surface area contributed by atoms with Crippen LogP contribution in [-0.2, 0) is 11.3 Å². The van der Waals surface area contributed by atoms with Crippen LogP contribution in [0.15, 0.2) is 6.20 Å². The Labute approximate surface area is 107 Å². The van der Waals surface area contributed by atoms with Gasteiger partial charge < -0.3 is 10.1 Å². The Kier molecular flexibility index (Phi) is 4.42. The number of nitrogens with one attached hydrogen (secondary N) is 1. The minimum Gasteiger partial charge on any atom is -0.381 e. The van der Waals surface area contributed by atoms with E-state index in [0.717, 1.165) is 43.3 Å². The van der Waals surface area contributed by atoms with Gasteiger partial charge in [-0.3, -0.25) is 4.68 Å². The number of aryl methyl sites for hydroxylation is 1. The van der Waals surface area contributed by atoms with Crippen molar-refractivity contribution in [3.63, 3.8) is 0 Å². The second-order valence-corrected chi connectivity index (χ2v) is 4.82. The van der Waals surface area contributed by atoms with Crippen LogP contribution >= 0.6 is 11.6 Å². The lowest BCUT2D eigenvalue weighted by Crippen LogP contribution is -2.31. The van der Waals surface area contributed by atoms with E-state index in [2.05, 4.69) is 17.3 Å². The maximum atomic E-state index is 6.26. The molecule has 2 rings (SSSR count). The highest BCUT2D eigenvalue weighted by atomic mass is 35.5. The third kappa shape index (κ3) is 2.64. The van der Waals surface area contributed by atoms with Crippen molar-refractivity contribution in [3.05, 3.63) is 16.9 Å². The Balaban J connectivity index is 2.23. The topological polar surface area (TPSA) is 39.1 Å². The van der Waals surface area contributed by atoms with E-state index in [0.29, 0.717) is 5.92 Å². The molecule has 17 heavy (non-hydrogen) atoms. The fourth-order valence-corrected chi connectivity index (χ4v) is 2.84. The van der Waals surface area contributed by atoms with Gasteiger partial charge in [-0.2, -0.15) is 5.10 Å². The standard InChI is InChI=1S/C12H20ClN3O/c1-3-16-12(10(13)8-15-16)11(14-2)9-4-6-17-7-5-9/h8-9,11,14H,3-7H2,1-2H3. The van der Waals surface area contributed by atoms with Gasteiger partial charge in [-0.15, -0.1) is 0 Å². The average molecular weight is 258 g/mol. The van der Waals surface area contributed by atoms with Crippen molar-refractivity contribution in [1.82, 2.24) is 15.1 Å². The lowest BCUT2D eigenvalue weighted by Gasteiger charge is -2.30. The number of hydrogen-bond donors (Lipinski definition) is 1. The smallest absolute Gasteiger partial charge is 0.0834 e. The van der Waals surface area contributed by atoms with Gasteiger partial charge in [0.05, 0.1) is 23.0 Å². The van der Waals surface area contributed by atoms with Crippen molar-refractivity contribution in [2.45, 2.75) is 32.4 Å². The molecule has 0 aromatic carbocycles. The minimum atomic E-state index is 0.272. The molecule has 1 aromatic rings. The minimum absolute atomic E-state index is 0.272. The lowest BCUT2D eigenvalue weighted by atomic mass is 9.89. The molecule has 1 aliphatic rings. The fraction of sp³-hybridized carbons (Fsp3) is 0.750. The van der Waals surface area contributed by atoms with E-state index < -0.39 is 0 Å². The quantitative estimate of drug-likeness (QED) is 0.899. The van der Waals surface area contributed by atoms with E-state index in [4.69, 9.17) is 16.3 Å². The van der Waals surface area contributed by atoms with Crippen molar-refractivity contribution < 1.29 is 4.74 Å². The number of rotatable bonds is 4. The summed E-state index contributed by atoms with van der Waals surface area (Å²) in [6.07, 6.45) is 3.90. The van der Waals surface area contributed by atoms with E-state index in [-0.39, 0.29) is 6.04 Å². The van der Waals surface area contributed by atoms with Gasteiger partial charge in [0, 0.05) is 19.8 Å². The molecule has 0 bridgehead atoms. The van der Waals surface area contributed by atoms with Crippen molar-refractivity contribution >= 4 is 11.6 Å². The Morgan fingerprint density at radius 1 is 1.59 bits per heavy atom. The molecule has 4 nitrogen and oxygen atoms in total. The zero-order valence-electron chi connectivity index (χ0n) is 10.4. The summed E-state index contributed by atoms with van der Waals surface area (Å²) in [6, 6.07) is 0.272. The van der Waals surface area contributed by atoms with Gasteiger partial charge in [0.2, 0.25) is 0 Å². The highest BCUT2D eigenvalue weighted by Crippen LogP contribution is 2.33. The van der Waals surface area contributed by atoms with Gasteiger partial charge in [-0.05, 0) is 32.7 Å². The molecule has 5 heteroatoms. The summed E-state index contributed by atoms with van der Waals surface area (Å²) in [6.45, 7) is 4.63. The Hall–Kier alpha value is -0.580. The van der Waals surface area contributed by atoms with Crippen LogP contribution in [-0.4, -0.2) is 30.0 Å². The summed E-state index contributed by atoms with van der Waals surface area (Å²) in [5.74, 6) is 0.577. The van der Waals surface area contributed by atoms with Crippen LogP contribution in [0.4, 0.5) is 0 Å². The van der Waals surface area contributed by atoms with Gasteiger partial charge in [0.1, 0.15) is 0 Å². The third-order valence-corrected chi connectivity index (χ3v) is 3.77. The molecule has 2 heterocycles. The number of ether oxygens (including phenoxy) is 1. The summed E-state index contributed by atoms with van der Waals surface area (Å²) in [7, 11) is 1.99. The zero-order chi connectivity index (χ0) is 12.3. The lowest BCUT2D eigenvalue weighted by molar-refractivity contribution is 0.0535. The Bertz CT molecular complexity index is 361. The summed E-state index contributed by atoms with van der Waals surface area (Å²) in [5.41, 5.74) is 1.11. The van der Waals surface area contributed by atoms with Crippen molar-refractivity contribution in [2.75, 3.05) is 20.3 Å². The first kappa shape index (κ1) is 12.9. The Morgan fingerprint density at radius 2 is 2.29 bits per heavy atom. The first-order chi connectivity index (χ1) is 8.27. The molecule has 1 fully saturated rings. The highest BCUT2D eigenvalue weighted by Gasteiger charge is 2.28. The number of nitrogens with zero attached hydrogens (tertiary/aromatic N) is 2. The van der Waals surface area contributed by atoms with Crippen molar-refractivity contribution in [2.24, 2.45) is 5.92 Å². The molecule has 1 aliphatic heterocycles. The molecule has 0 aliphatic carbocycles. The van der Waals surface area contributed by atoms with Crippen molar-refractivity contribution in [3.8, 4) is 0 Å². The number of hydrogen-bond acceptors (Lipinski definition) is 3. The zero-order valence-corrected chi connectivity index (χ0v) is 11.2. The average Bonchev–Trinajstić information content (AvgIpc) is 2.74. The second-order valence-electron chi connectivity index (χ2n) is 4.41. The van der Waals surface area contributed by atoms with E-state index in [1.165, 1.54) is 0 Å². The molecule has 0 spiro atoms. The highest BCUT2D eigenvalue weighted by molar-refractivity contribution is 6.31. The molecule has 0 saturated carbocycles. The van der Waals surface area contributed by atoms with Crippen LogP contribution in [0.5, 0.6) is 0 Å². The summed E-state index contributed by atoms with van der Waals surface area (Å²) >= 11 is 6.26. The maximum Gasteiger partial charge on any atom is 0.0834 e. The van der Waals surface area contributed by atoms with Crippen LogP contribution in [0, 0.1) is 5.92 Å². The van der Waals surface area contributed by atoms with E-state index in [9.17, 15) is 0 Å². The molecule has 1 aromatic heterocycles. The van der Waals surface area contributed by atoms with Gasteiger partial charge >= 0.3 is 0 Å². The molecule has 1 N–H and O–H groups in total. The summed E-state index contributed by atoms with van der Waals surface area (Å²) in [4.78, 5) is 0. The number of halogens is 1. The molecule has 1 saturated heterocycles. The molecule has 96 valence electrons. The SMILES string of the molecule is CCn1ncc(Cl)c1C(NC)C1CCOCC1. The first-order valence-corrected chi connectivity index (χ1v) is 6.62. The molecular weight excluding hydrogens is 238 g/mol. The predicted octanol–water partition coefficient (Wildman–Crippen LogP) is 2.24. The summed E-state index contributed by atoms with van der Waals surface area (Å²) < 4.78 is 7.40. The van der Waals surface area contributed by atoms with Gasteiger partial charge in [-0.25, -0.2) is 0 Å². The normalized spacial score (nSPS) is 19.5. The van der Waals surface area contributed by atoms with Crippen LogP contribution in [0.2, 0.25) is 5.02 Å². The first-order valence-electron chi connectivity index (χ1n) is 6.24. The van der Waals surface area contributed by atoms with Crippen LogP contribution in [0.3, 0.4) is 0 Å². The van der Waals surface area contributed by atoms with Gasteiger partial charge in [0.15, 0.2) is 0 Å². The molecule has 1 atom stereocenters. The Morgan fingerprint density at radius 3 is 2.88 bits per heavy atom. The predicted molar refractivity (Wildman–Crippen MR) is 68.3 cm³/mol. The monoisotopic (exact) mass is 257 g/mol. The van der Waals surface area contributed by atoms with Crippen LogP contribution < -0.4 is 5.32 Å². The van der Waals surface area contributed by atoms with Crippen LogP contribution in [0.25, 0.3) is 0 Å². The molecule has 1 unspecified atom stereocenters. The van der Waals surface area contributed by atoms with E-state index in [1.54, 1.807) is 6.20 Å². The maximum absolute atomic E-state index is 6.26. The third-order valence-electron chi connectivity index (χ3n) is 3.48. The van der Waals surface area contributed by atoms with Gasteiger partial charge in [-0.1, -0.05) is 11.6 Å². The van der Waals surface area contributed by atoms with E-state index in [1.807, 2.05) is 11.7 Å². The van der Waals surface area contributed by atoms with Crippen LogP contribution in [0.1, 0.15) is 31.5 Å². The van der Waals surface area contributed by atoms with Crippen molar-refractivity contribution in [1.29, 1.82) is 0 Å². The number of aromatic nitrogens is 2. The summed E-state index contributed by atoms with van der Waals surface area (Å²) in [5, 5.41) is 8.46.